The van der Waals surface area contributed by atoms with Gasteiger partial charge in [-0.1, -0.05) is 6.92 Å². The summed E-state index contributed by atoms with van der Waals surface area (Å²) in [5, 5.41) is 8.02. The Bertz CT molecular complexity index is 325. The van der Waals surface area contributed by atoms with Crippen molar-refractivity contribution in [3.63, 3.8) is 0 Å². The van der Waals surface area contributed by atoms with Gasteiger partial charge in [-0.05, 0) is 55.1 Å². The second-order valence-corrected chi connectivity index (χ2v) is 5.89. The third-order valence-corrected chi connectivity index (χ3v) is 4.60. The van der Waals surface area contributed by atoms with E-state index in [1.165, 1.54) is 18.4 Å². The molecule has 0 amide bonds. The summed E-state index contributed by atoms with van der Waals surface area (Å²) in [4.78, 5) is 0. The van der Waals surface area contributed by atoms with Gasteiger partial charge in [-0.3, -0.25) is 0 Å². The highest BCUT2D eigenvalue weighted by atomic mass is 32.1. The van der Waals surface area contributed by atoms with Crippen LogP contribution in [0.4, 0.5) is 0 Å². The van der Waals surface area contributed by atoms with E-state index in [0.29, 0.717) is 11.5 Å². The summed E-state index contributed by atoms with van der Waals surface area (Å²) >= 11 is 1.79. The molecule has 2 atom stereocenters. The molecule has 1 aromatic rings. The second kappa shape index (κ2) is 5.98. The average Bonchev–Trinajstić information content (AvgIpc) is 2.92. The molecule has 1 aliphatic heterocycles. The lowest BCUT2D eigenvalue weighted by molar-refractivity contribution is 0.0631. The van der Waals surface area contributed by atoms with Crippen molar-refractivity contribution in [2.24, 2.45) is 5.41 Å². The molecule has 96 valence electrons. The van der Waals surface area contributed by atoms with Gasteiger partial charge in [-0.25, -0.2) is 0 Å². The van der Waals surface area contributed by atoms with Crippen LogP contribution in [0.25, 0.3) is 0 Å². The smallest absolute Gasteiger partial charge is 0.0619 e. The zero-order valence-corrected chi connectivity index (χ0v) is 11.7. The van der Waals surface area contributed by atoms with Crippen molar-refractivity contribution in [2.45, 2.75) is 39.2 Å². The van der Waals surface area contributed by atoms with E-state index in [1.54, 1.807) is 11.3 Å². The Morgan fingerprint density at radius 3 is 3.06 bits per heavy atom. The number of hydrogen-bond acceptors (Lipinski definition) is 3. The molecule has 0 aromatic carbocycles. The Morgan fingerprint density at radius 1 is 1.59 bits per heavy atom. The molecule has 2 unspecified atom stereocenters. The number of nitrogens with one attached hydrogen (secondary N) is 1. The van der Waals surface area contributed by atoms with Gasteiger partial charge in [0.15, 0.2) is 0 Å². The zero-order valence-electron chi connectivity index (χ0n) is 10.9. The maximum Gasteiger partial charge on any atom is 0.0619 e. The fourth-order valence-corrected chi connectivity index (χ4v) is 3.33. The molecular formula is C14H23NOS. The molecule has 1 saturated heterocycles. The van der Waals surface area contributed by atoms with Gasteiger partial charge in [0.05, 0.1) is 6.10 Å². The lowest BCUT2D eigenvalue weighted by Crippen LogP contribution is -2.41. The minimum Gasteiger partial charge on any atom is -0.378 e. The highest BCUT2D eigenvalue weighted by Crippen LogP contribution is 2.38. The van der Waals surface area contributed by atoms with Crippen LogP contribution < -0.4 is 5.32 Å². The predicted molar refractivity (Wildman–Crippen MR) is 73.6 cm³/mol. The van der Waals surface area contributed by atoms with E-state index in [9.17, 15) is 0 Å². The van der Waals surface area contributed by atoms with Gasteiger partial charge in [0.2, 0.25) is 0 Å². The summed E-state index contributed by atoms with van der Waals surface area (Å²) < 4.78 is 5.81. The molecule has 1 fully saturated rings. The zero-order chi connectivity index (χ0) is 12.1. The molecule has 0 spiro atoms. The maximum absolute atomic E-state index is 5.81. The summed E-state index contributed by atoms with van der Waals surface area (Å²) in [6.45, 7) is 7.55. The van der Waals surface area contributed by atoms with E-state index < -0.39 is 0 Å². The first-order chi connectivity index (χ1) is 8.27. The molecule has 0 bridgehead atoms. The van der Waals surface area contributed by atoms with Gasteiger partial charge in [-0.2, -0.15) is 11.3 Å². The summed E-state index contributed by atoms with van der Waals surface area (Å²) in [6.07, 6.45) is 3.89. The van der Waals surface area contributed by atoms with Crippen LogP contribution in [0, 0.1) is 5.41 Å². The summed E-state index contributed by atoms with van der Waals surface area (Å²) in [5.41, 5.74) is 1.77. The van der Waals surface area contributed by atoms with Crippen LogP contribution in [0.2, 0.25) is 0 Å². The van der Waals surface area contributed by atoms with E-state index in [1.807, 2.05) is 0 Å². The van der Waals surface area contributed by atoms with Gasteiger partial charge < -0.3 is 10.1 Å². The molecule has 0 aliphatic carbocycles. The topological polar surface area (TPSA) is 21.3 Å². The monoisotopic (exact) mass is 253 g/mol. The standard InChI is InChI=1S/C14H23NOS/c1-3-6-15-11-14(5-7-16-12(14)2)9-13-4-8-17-10-13/h4,8,10,12,15H,3,5-7,9,11H2,1-2H3. The fourth-order valence-electron chi connectivity index (χ4n) is 2.66. The minimum absolute atomic E-state index is 0.302. The molecule has 2 rings (SSSR count). The first-order valence-electron chi connectivity index (χ1n) is 6.60. The molecule has 0 radical (unpaired) electrons. The van der Waals surface area contributed by atoms with E-state index in [2.05, 4.69) is 36.0 Å². The largest absolute Gasteiger partial charge is 0.378 e. The molecule has 2 heterocycles. The van der Waals surface area contributed by atoms with Crippen LogP contribution in [0.1, 0.15) is 32.3 Å². The van der Waals surface area contributed by atoms with Crippen molar-refractivity contribution >= 4 is 11.3 Å². The Labute approximate surface area is 108 Å². The number of hydrogen-bond donors (Lipinski definition) is 1. The number of rotatable bonds is 6. The van der Waals surface area contributed by atoms with E-state index in [0.717, 1.165) is 26.1 Å². The molecule has 1 N–H and O–H groups in total. The van der Waals surface area contributed by atoms with Crippen molar-refractivity contribution in [1.82, 2.24) is 5.32 Å². The second-order valence-electron chi connectivity index (χ2n) is 5.11. The van der Waals surface area contributed by atoms with E-state index in [4.69, 9.17) is 4.74 Å². The van der Waals surface area contributed by atoms with Crippen molar-refractivity contribution in [3.8, 4) is 0 Å². The van der Waals surface area contributed by atoms with Gasteiger partial charge >= 0.3 is 0 Å². The van der Waals surface area contributed by atoms with Crippen molar-refractivity contribution in [3.05, 3.63) is 22.4 Å². The van der Waals surface area contributed by atoms with Gasteiger partial charge in [0, 0.05) is 18.6 Å². The lowest BCUT2D eigenvalue weighted by atomic mass is 9.76. The van der Waals surface area contributed by atoms with Gasteiger partial charge in [0.25, 0.3) is 0 Å². The summed E-state index contributed by atoms with van der Waals surface area (Å²) in [5.74, 6) is 0. The number of ether oxygens (including phenoxy) is 1. The van der Waals surface area contributed by atoms with Gasteiger partial charge in [0.1, 0.15) is 0 Å². The Hall–Kier alpha value is -0.380. The third-order valence-electron chi connectivity index (χ3n) is 3.87. The van der Waals surface area contributed by atoms with Crippen LogP contribution in [-0.4, -0.2) is 25.8 Å². The molecule has 1 aliphatic rings. The number of thiophene rings is 1. The highest BCUT2D eigenvalue weighted by molar-refractivity contribution is 7.07. The van der Waals surface area contributed by atoms with Gasteiger partial charge in [-0.15, -0.1) is 0 Å². The Kier molecular flexibility index (Phi) is 4.60. The first kappa shape index (κ1) is 13.1. The molecule has 17 heavy (non-hydrogen) atoms. The SMILES string of the molecule is CCCNCC1(Cc2ccsc2)CCOC1C. The quantitative estimate of drug-likeness (QED) is 0.787. The Morgan fingerprint density at radius 2 is 2.47 bits per heavy atom. The van der Waals surface area contributed by atoms with Crippen LogP contribution >= 0.6 is 11.3 Å². The van der Waals surface area contributed by atoms with Crippen LogP contribution in [0.3, 0.4) is 0 Å². The first-order valence-corrected chi connectivity index (χ1v) is 7.54. The van der Waals surface area contributed by atoms with Crippen molar-refractivity contribution < 1.29 is 4.74 Å². The molecule has 0 saturated carbocycles. The fraction of sp³-hybridized carbons (Fsp3) is 0.714. The Balaban J connectivity index is 2.02. The lowest BCUT2D eigenvalue weighted by Gasteiger charge is -2.32. The molecular weight excluding hydrogens is 230 g/mol. The van der Waals surface area contributed by atoms with Crippen molar-refractivity contribution in [1.29, 1.82) is 0 Å². The van der Waals surface area contributed by atoms with E-state index >= 15 is 0 Å². The van der Waals surface area contributed by atoms with Crippen LogP contribution in [0.5, 0.6) is 0 Å². The normalized spacial score (nSPS) is 28.7. The predicted octanol–water partition coefficient (Wildman–Crippen LogP) is 3.09. The molecule has 3 heteroatoms. The average molecular weight is 253 g/mol. The van der Waals surface area contributed by atoms with E-state index in [-0.39, 0.29) is 0 Å². The van der Waals surface area contributed by atoms with Crippen LogP contribution in [0.15, 0.2) is 16.8 Å². The minimum atomic E-state index is 0.302. The third kappa shape index (κ3) is 3.09. The summed E-state index contributed by atoms with van der Waals surface area (Å²) in [7, 11) is 0. The molecule has 1 aromatic heterocycles. The highest BCUT2D eigenvalue weighted by Gasteiger charge is 2.41. The summed E-state index contributed by atoms with van der Waals surface area (Å²) in [6, 6.07) is 2.25. The van der Waals surface area contributed by atoms with Crippen molar-refractivity contribution in [2.75, 3.05) is 19.7 Å². The molecule has 2 nitrogen and oxygen atoms in total. The van der Waals surface area contributed by atoms with Crippen LogP contribution in [-0.2, 0) is 11.2 Å². The maximum atomic E-state index is 5.81.